The Morgan fingerprint density at radius 3 is 2.62 bits per heavy atom. The molecule has 1 aromatic heterocycles. The third-order valence-electron chi connectivity index (χ3n) is 1.35. The van der Waals surface area contributed by atoms with E-state index in [0.717, 1.165) is 5.57 Å². The van der Waals surface area contributed by atoms with Crippen molar-refractivity contribution in [2.45, 2.75) is 0 Å². The summed E-state index contributed by atoms with van der Waals surface area (Å²) in [6.45, 7) is 4.30. The molecule has 1 heterocycles. The molecule has 5 heteroatoms. The molecule has 0 aliphatic rings. The topological polar surface area (TPSA) is 25.8 Å². The first-order valence-electron chi connectivity index (χ1n) is 3.78. The van der Waals surface area contributed by atoms with Crippen LogP contribution >= 0.6 is 23.0 Å². The van der Waals surface area contributed by atoms with Crippen LogP contribution in [0, 0.1) is 0 Å². The summed E-state index contributed by atoms with van der Waals surface area (Å²) < 4.78 is 0. The fraction of sp³-hybridized carbons (Fsp3) is 0.250. The molecule has 0 saturated heterocycles. The van der Waals surface area contributed by atoms with Gasteiger partial charge < -0.3 is 0 Å². The lowest BCUT2D eigenvalue weighted by atomic mass is 10.7. The van der Waals surface area contributed by atoms with Crippen LogP contribution in [0.5, 0.6) is 0 Å². The average molecular weight is 229 g/mol. The van der Waals surface area contributed by atoms with Crippen LogP contribution in [0.2, 0.25) is 0 Å². The molecular formula is C8H12N2P3+. The van der Waals surface area contributed by atoms with Crippen molar-refractivity contribution < 1.29 is 0 Å². The van der Waals surface area contributed by atoms with Gasteiger partial charge in [0.2, 0.25) is 13.2 Å². The van der Waals surface area contributed by atoms with E-state index in [1.165, 1.54) is 8.20 Å². The molecule has 2 unspecified atom stereocenters. The van der Waals surface area contributed by atoms with Crippen molar-refractivity contribution in [2.24, 2.45) is 0 Å². The van der Waals surface area contributed by atoms with E-state index in [1.807, 2.05) is 6.07 Å². The molecule has 13 heavy (non-hydrogen) atoms. The first-order chi connectivity index (χ1) is 6.25. The smallest absolute Gasteiger partial charge is 0.210 e. The summed E-state index contributed by atoms with van der Waals surface area (Å²) in [5.41, 5.74) is 3.25. The van der Waals surface area contributed by atoms with E-state index in [1.54, 1.807) is 12.4 Å². The molecule has 0 aliphatic heterocycles. The zero-order chi connectivity index (χ0) is 9.68. The van der Waals surface area contributed by atoms with Crippen molar-refractivity contribution in [3.63, 3.8) is 0 Å². The Kier molecular flexibility index (Phi) is 4.67. The number of aromatic nitrogens is 2. The van der Waals surface area contributed by atoms with Gasteiger partial charge in [-0.05, 0) is 12.7 Å². The van der Waals surface area contributed by atoms with Gasteiger partial charge in [-0.1, -0.05) is 0 Å². The third-order valence-corrected chi connectivity index (χ3v) is 8.20. The van der Waals surface area contributed by atoms with Crippen LogP contribution in [0.25, 0.3) is 0 Å². The van der Waals surface area contributed by atoms with E-state index in [4.69, 9.17) is 0 Å². The van der Waals surface area contributed by atoms with Crippen LogP contribution < -0.4 is 5.57 Å². The molecule has 0 N–H and O–H groups in total. The van der Waals surface area contributed by atoms with Crippen LogP contribution in [0.15, 0.2) is 18.5 Å². The summed E-state index contributed by atoms with van der Waals surface area (Å²) in [4.78, 5) is 8.55. The fourth-order valence-corrected chi connectivity index (χ4v) is 7.22. The van der Waals surface area contributed by atoms with E-state index in [9.17, 15) is 0 Å². The zero-order valence-electron chi connectivity index (χ0n) is 7.75. The Labute approximate surface area is 82.7 Å². The van der Waals surface area contributed by atoms with Crippen LogP contribution in [-0.2, 0) is 0 Å². The van der Waals surface area contributed by atoms with Gasteiger partial charge in [-0.3, -0.25) is 0 Å². The van der Waals surface area contributed by atoms with Crippen molar-refractivity contribution in [3.8, 4) is 0 Å². The van der Waals surface area contributed by atoms with Gasteiger partial charge >= 0.3 is 0 Å². The molecule has 1 rings (SSSR count). The molecule has 0 amide bonds. The highest BCUT2D eigenvalue weighted by Crippen LogP contribution is 2.54. The third kappa shape index (κ3) is 3.24. The number of rotatable bonds is 3. The van der Waals surface area contributed by atoms with E-state index in [2.05, 4.69) is 35.1 Å². The second kappa shape index (κ2) is 5.55. The number of hydrogen-bond donors (Lipinski definition) is 0. The van der Waals surface area contributed by atoms with Gasteiger partial charge in [0.1, 0.15) is 7.23 Å². The molecule has 0 fully saturated rings. The van der Waals surface area contributed by atoms with Gasteiger partial charge in [0.25, 0.3) is 0 Å². The molecule has 68 valence electrons. The maximum atomic E-state index is 4.28. The second-order valence-corrected chi connectivity index (χ2v) is 9.61. The minimum absolute atomic E-state index is 0.219. The highest BCUT2D eigenvalue weighted by Gasteiger charge is 2.21. The molecule has 0 aliphatic carbocycles. The molecule has 0 aromatic carbocycles. The minimum Gasteiger partial charge on any atom is -0.233 e. The molecule has 0 bridgehead atoms. The van der Waals surface area contributed by atoms with Crippen LogP contribution in [-0.4, -0.2) is 35.1 Å². The lowest BCUT2D eigenvalue weighted by Crippen LogP contribution is -2.08. The Morgan fingerprint density at radius 2 is 2.15 bits per heavy atom. The molecular weight excluding hydrogens is 217 g/mol. The summed E-state index contributed by atoms with van der Waals surface area (Å²) in [5, 5.41) is 0. The normalized spacial score (nSPS) is 14.5. The summed E-state index contributed by atoms with van der Waals surface area (Å²) in [5.74, 6) is 0. The molecule has 2 nitrogen and oxygen atoms in total. The Bertz CT molecular complexity index is 310. The van der Waals surface area contributed by atoms with Gasteiger partial charge in [-0.25, -0.2) is 9.97 Å². The summed E-state index contributed by atoms with van der Waals surface area (Å²) in [7, 11) is 0.755. The standard InChI is InChI=1S/C8H12N2P3/c1-11-7-13(12(2)3)8-9-5-4-6-10-8/h4-7H,2H2,1,3H3/q+1. The quantitative estimate of drug-likeness (QED) is 0.743. The fourth-order valence-electron chi connectivity index (χ4n) is 0.811. The molecule has 0 spiro atoms. The lowest BCUT2D eigenvalue weighted by Gasteiger charge is -1.99. The maximum absolute atomic E-state index is 4.28. The van der Waals surface area contributed by atoms with Gasteiger partial charge in [-0.2, -0.15) is 0 Å². The van der Waals surface area contributed by atoms with Crippen molar-refractivity contribution in [1.29, 1.82) is 0 Å². The minimum atomic E-state index is -0.321. The van der Waals surface area contributed by atoms with Gasteiger partial charge in [0.05, 0.1) is 13.0 Å². The summed E-state index contributed by atoms with van der Waals surface area (Å²) >= 11 is 0. The monoisotopic (exact) mass is 229 g/mol. The van der Waals surface area contributed by atoms with Crippen molar-refractivity contribution >= 4 is 40.5 Å². The highest BCUT2D eigenvalue weighted by atomic mass is 32.1. The maximum Gasteiger partial charge on any atom is 0.210 e. The lowest BCUT2D eigenvalue weighted by molar-refractivity contribution is 1.24. The van der Waals surface area contributed by atoms with Gasteiger partial charge in [0, 0.05) is 17.9 Å². The first-order valence-corrected chi connectivity index (χ1v) is 9.28. The zero-order valence-corrected chi connectivity index (χ0v) is 10.4. The Morgan fingerprint density at radius 1 is 1.54 bits per heavy atom. The van der Waals surface area contributed by atoms with Crippen LogP contribution in [0.3, 0.4) is 0 Å². The van der Waals surface area contributed by atoms with E-state index < -0.39 is 0 Å². The molecule has 1 aromatic rings. The molecule has 0 saturated carbocycles. The van der Waals surface area contributed by atoms with Crippen molar-refractivity contribution in [2.75, 3.05) is 13.3 Å². The highest BCUT2D eigenvalue weighted by molar-refractivity contribution is 8.38. The predicted molar refractivity (Wildman–Crippen MR) is 67.5 cm³/mol. The predicted octanol–water partition coefficient (Wildman–Crippen LogP) is 2.38. The Balaban J connectivity index is 2.96. The van der Waals surface area contributed by atoms with E-state index in [-0.39, 0.29) is 14.8 Å². The van der Waals surface area contributed by atoms with Gasteiger partial charge in [0.15, 0.2) is 0 Å². The van der Waals surface area contributed by atoms with Gasteiger partial charge in [-0.15, -0.1) is 8.20 Å². The Hall–Kier alpha value is -0.150. The molecule has 0 radical (unpaired) electrons. The largest absolute Gasteiger partial charge is 0.233 e. The SMILES string of the molecule is C=[P+](C)P(C=PC)c1ncccn1. The first kappa shape index (κ1) is 10.9. The van der Waals surface area contributed by atoms with E-state index in [0.29, 0.717) is 0 Å². The summed E-state index contributed by atoms with van der Waals surface area (Å²) in [6.07, 6.45) is 7.72. The second-order valence-electron chi connectivity index (χ2n) is 2.42. The molecule has 2 atom stereocenters. The average Bonchev–Trinajstić information content (AvgIpc) is 2.15. The summed E-state index contributed by atoms with van der Waals surface area (Å²) in [6, 6.07) is 1.85. The van der Waals surface area contributed by atoms with Crippen molar-refractivity contribution in [3.05, 3.63) is 18.5 Å². The van der Waals surface area contributed by atoms with Crippen LogP contribution in [0.1, 0.15) is 0 Å². The van der Waals surface area contributed by atoms with Crippen molar-refractivity contribution in [1.82, 2.24) is 9.97 Å². The van der Waals surface area contributed by atoms with Crippen LogP contribution in [0.4, 0.5) is 0 Å². The number of nitrogens with zero attached hydrogens (tertiary/aromatic N) is 2. The number of hydrogen-bond acceptors (Lipinski definition) is 2. The van der Waals surface area contributed by atoms with E-state index >= 15 is 0 Å².